The molecule has 3 amide bonds. The Labute approximate surface area is 186 Å². The molecule has 0 fully saturated rings. The minimum absolute atomic E-state index is 0.00848. The molecular formula is C18H35N7O7. The number of amides is 3. The highest BCUT2D eigenvalue weighted by molar-refractivity contribution is 5.94. The number of hydrogen-bond donors (Lipinski definition) is 9. The number of nitrogens with one attached hydrogen (secondary N) is 3. The summed E-state index contributed by atoms with van der Waals surface area (Å²) in [7, 11) is 0. The number of guanidine groups is 1. The molecule has 14 heteroatoms. The van der Waals surface area contributed by atoms with E-state index in [1.54, 1.807) is 13.8 Å². The van der Waals surface area contributed by atoms with Gasteiger partial charge in [0.1, 0.15) is 24.2 Å². The molecule has 5 atom stereocenters. The molecule has 0 radical (unpaired) electrons. The number of carboxylic acid groups (broad SMARTS) is 1. The van der Waals surface area contributed by atoms with E-state index in [0.717, 1.165) is 0 Å². The van der Waals surface area contributed by atoms with E-state index in [-0.39, 0.29) is 31.3 Å². The van der Waals surface area contributed by atoms with Crippen LogP contribution in [0.3, 0.4) is 0 Å². The molecule has 0 bridgehead atoms. The number of carbonyl (C=O) groups is 4. The zero-order valence-corrected chi connectivity index (χ0v) is 18.3. The first kappa shape index (κ1) is 29.0. The fraction of sp³-hybridized carbons (Fsp3) is 0.722. The van der Waals surface area contributed by atoms with Crippen LogP contribution in [-0.2, 0) is 19.2 Å². The number of aliphatic hydroxyl groups is 2. The highest BCUT2D eigenvalue weighted by Gasteiger charge is 2.32. The molecule has 0 aromatic heterocycles. The maximum atomic E-state index is 12.7. The van der Waals surface area contributed by atoms with Gasteiger partial charge in [0.15, 0.2) is 5.96 Å². The maximum Gasteiger partial charge on any atom is 0.326 e. The van der Waals surface area contributed by atoms with Crippen LogP contribution in [-0.4, -0.2) is 88.9 Å². The molecule has 0 aliphatic carbocycles. The summed E-state index contributed by atoms with van der Waals surface area (Å²) in [6.45, 7) is 2.19. The third-order valence-corrected chi connectivity index (χ3v) is 4.70. The van der Waals surface area contributed by atoms with Gasteiger partial charge in [-0.2, -0.15) is 0 Å². The van der Waals surface area contributed by atoms with E-state index in [0.29, 0.717) is 6.42 Å². The van der Waals surface area contributed by atoms with Gasteiger partial charge in [-0.25, -0.2) is 4.79 Å². The van der Waals surface area contributed by atoms with Crippen LogP contribution in [0.1, 0.15) is 33.1 Å². The van der Waals surface area contributed by atoms with E-state index in [4.69, 9.17) is 22.3 Å². The highest BCUT2D eigenvalue weighted by Crippen LogP contribution is 2.09. The van der Waals surface area contributed by atoms with Gasteiger partial charge >= 0.3 is 5.97 Å². The predicted octanol–water partition coefficient (Wildman–Crippen LogP) is -4.06. The van der Waals surface area contributed by atoms with Crippen LogP contribution in [0, 0.1) is 5.92 Å². The fourth-order valence-electron chi connectivity index (χ4n) is 2.53. The topological polar surface area (TPSA) is 255 Å². The van der Waals surface area contributed by atoms with Crippen LogP contribution in [0.4, 0.5) is 0 Å². The lowest BCUT2D eigenvalue weighted by Crippen LogP contribution is -2.59. The number of nitrogens with zero attached hydrogens (tertiary/aromatic N) is 1. The smallest absolute Gasteiger partial charge is 0.326 e. The van der Waals surface area contributed by atoms with E-state index in [2.05, 4.69) is 20.9 Å². The Morgan fingerprint density at radius 2 is 1.53 bits per heavy atom. The average Bonchev–Trinajstić information content (AvgIpc) is 2.75. The van der Waals surface area contributed by atoms with Gasteiger partial charge in [-0.05, 0) is 18.8 Å². The van der Waals surface area contributed by atoms with Gasteiger partial charge in [-0.15, -0.1) is 0 Å². The van der Waals surface area contributed by atoms with Crippen molar-refractivity contribution >= 4 is 29.7 Å². The molecule has 32 heavy (non-hydrogen) atoms. The van der Waals surface area contributed by atoms with Crippen molar-refractivity contribution in [3.63, 3.8) is 0 Å². The van der Waals surface area contributed by atoms with Crippen molar-refractivity contribution in [1.29, 1.82) is 0 Å². The second-order valence-electron chi connectivity index (χ2n) is 7.25. The van der Waals surface area contributed by atoms with Gasteiger partial charge in [0.05, 0.1) is 13.2 Å². The zero-order chi connectivity index (χ0) is 24.8. The molecule has 0 aromatic rings. The normalized spacial score (nSPS) is 15.4. The molecule has 0 saturated heterocycles. The van der Waals surface area contributed by atoms with Gasteiger partial charge in [-0.1, -0.05) is 20.3 Å². The fourth-order valence-corrected chi connectivity index (χ4v) is 2.53. The Kier molecular flexibility index (Phi) is 13.5. The number of hydrogen-bond acceptors (Lipinski definition) is 8. The maximum absolute atomic E-state index is 12.7. The molecule has 0 saturated carbocycles. The van der Waals surface area contributed by atoms with Crippen LogP contribution in [0.25, 0.3) is 0 Å². The molecule has 0 heterocycles. The summed E-state index contributed by atoms with van der Waals surface area (Å²) in [6.07, 6.45) is 0.757. The van der Waals surface area contributed by atoms with Crippen molar-refractivity contribution in [2.24, 2.45) is 28.1 Å². The summed E-state index contributed by atoms with van der Waals surface area (Å²) < 4.78 is 0. The van der Waals surface area contributed by atoms with Crippen molar-refractivity contribution < 1.29 is 34.5 Å². The lowest BCUT2D eigenvalue weighted by atomic mass is 9.97. The summed E-state index contributed by atoms with van der Waals surface area (Å²) in [5, 5.41) is 34.8. The molecule has 0 aliphatic heterocycles. The molecule has 12 N–H and O–H groups in total. The SMILES string of the molecule is CCC(C)C(NC(=O)C(N)CO)C(=O)NC(CO)C(=O)NC(CCCN=C(N)N)C(=O)O. The summed E-state index contributed by atoms with van der Waals surface area (Å²) in [6, 6.07) is -5.09. The standard InChI is InChI=1S/C18H35N7O7/c1-3-9(2)13(25-14(28)10(19)7-26)16(30)24-12(8-27)15(29)23-11(17(31)32)5-4-6-22-18(20)21/h9-13,26-27H,3-8,19H2,1-2H3,(H,23,29)(H,24,30)(H,25,28)(H,31,32)(H4,20,21,22). The lowest BCUT2D eigenvalue weighted by Gasteiger charge is -2.27. The predicted molar refractivity (Wildman–Crippen MR) is 115 cm³/mol. The van der Waals surface area contributed by atoms with E-state index < -0.39 is 61.1 Å². The van der Waals surface area contributed by atoms with Crippen LogP contribution in [0.5, 0.6) is 0 Å². The van der Waals surface area contributed by atoms with E-state index in [1.165, 1.54) is 0 Å². The van der Waals surface area contributed by atoms with E-state index >= 15 is 0 Å². The Morgan fingerprint density at radius 3 is 2.00 bits per heavy atom. The minimum atomic E-state index is -1.46. The van der Waals surface area contributed by atoms with Crippen molar-refractivity contribution in [2.45, 2.75) is 57.3 Å². The molecule has 0 rings (SSSR count). The number of aliphatic imine (C=N–C) groups is 1. The van der Waals surface area contributed by atoms with E-state index in [9.17, 15) is 29.4 Å². The van der Waals surface area contributed by atoms with Crippen LogP contribution >= 0.6 is 0 Å². The van der Waals surface area contributed by atoms with Gasteiger partial charge in [-0.3, -0.25) is 19.4 Å². The molecule has 0 aromatic carbocycles. The third-order valence-electron chi connectivity index (χ3n) is 4.70. The first-order chi connectivity index (χ1) is 15.0. The molecule has 14 nitrogen and oxygen atoms in total. The Bertz CT molecular complexity index is 670. The summed E-state index contributed by atoms with van der Waals surface area (Å²) in [4.78, 5) is 52.3. The number of rotatable bonds is 15. The minimum Gasteiger partial charge on any atom is -0.480 e. The first-order valence-corrected chi connectivity index (χ1v) is 10.1. The van der Waals surface area contributed by atoms with Gasteiger partial charge in [0.2, 0.25) is 17.7 Å². The Hall–Kier alpha value is -2.97. The van der Waals surface area contributed by atoms with Crippen molar-refractivity contribution in [3.05, 3.63) is 0 Å². The van der Waals surface area contributed by atoms with Gasteiger partial charge < -0.3 is 48.5 Å². The van der Waals surface area contributed by atoms with Gasteiger partial charge in [0, 0.05) is 6.54 Å². The summed E-state index contributed by atoms with van der Waals surface area (Å²) in [5.41, 5.74) is 15.8. The molecule has 0 aliphatic rings. The molecular weight excluding hydrogens is 426 g/mol. The third kappa shape index (κ3) is 10.4. The number of carboxylic acids is 1. The molecule has 5 unspecified atom stereocenters. The van der Waals surface area contributed by atoms with Gasteiger partial charge in [0.25, 0.3) is 0 Å². The zero-order valence-electron chi connectivity index (χ0n) is 18.3. The quantitative estimate of drug-likeness (QED) is 0.0647. The second kappa shape index (κ2) is 14.9. The van der Waals surface area contributed by atoms with Crippen molar-refractivity contribution in [3.8, 4) is 0 Å². The Morgan fingerprint density at radius 1 is 0.938 bits per heavy atom. The van der Waals surface area contributed by atoms with E-state index in [1.807, 2.05) is 0 Å². The number of nitrogens with two attached hydrogens (primary N) is 3. The second-order valence-corrected chi connectivity index (χ2v) is 7.25. The molecule has 184 valence electrons. The highest BCUT2D eigenvalue weighted by atomic mass is 16.4. The monoisotopic (exact) mass is 461 g/mol. The number of aliphatic carboxylic acids is 1. The number of aliphatic hydroxyl groups excluding tert-OH is 2. The van der Waals surface area contributed by atoms with Crippen LogP contribution in [0.2, 0.25) is 0 Å². The van der Waals surface area contributed by atoms with Crippen molar-refractivity contribution in [2.75, 3.05) is 19.8 Å². The Balaban J connectivity index is 5.18. The van der Waals surface area contributed by atoms with Crippen LogP contribution in [0.15, 0.2) is 4.99 Å². The summed E-state index contributed by atoms with van der Waals surface area (Å²) >= 11 is 0. The van der Waals surface area contributed by atoms with Crippen molar-refractivity contribution in [1.82, 2.24) is 16.0 Å². The first-order valence-electron chi connectivity index (χ1n) is 10.1. The lowest BCUT2D eigenvalue weighted by molar-refractivity contribution is -0.142. The number of carbonyl (C=O) groups excluding carboxylic acids is 3. The average molecular weight is 462 g/mol. The largest absolute Gasteiger partial charge is 0.480 e. The van der Waals surface area contributed by atoms with Crippen LogP contribution < -0.4 is 33.2 Å². The molecule has 0 spiro atoms. The summed E-state index contributed by atoms with van der Waals surface area (Å²) in [5.74, 6) is -4.28.